The molecule has 1 aromatic heterocycles. The van der Waals surface area contributed by atoms with E-state index >= 15 is 0 Å². The van der Waals surface area contributed by atoms with Crippen LogP contribution in [0.25, 0.3) is 0 Å². The minimum Gasteiger partial charge on any atom is -0.494 e. The maximum absolute atomic E-state index is 12.8. The molecule has 0 amide bonds. The third-order valence-corrected chi connectivity index (χ3v) is 7.54. The molecular formula is C21H26N2O4S. The van der Waals surface area contributed by atoms with Gasteiger partial charge in [-0.25, -0.2) is 13.4 Å². The molecule has 0 saturated carbocycles. The van der Waals surface area contributed by atoms with Gasteiger partial charge in [-0.1, -0.05) is 12.1 Å². The molecule has 0 N–H and O–H groups in total. The smallest absolute Gasteiger partial charge is 0.205 e. The topological polar surface area (TPSA) is 68.7 Å². The fourth-order valence-corrected chi connectivity index (χ4v) is 5.32. The zero-order valence-electron chi connectivity index (χ0n) is 16.1. The largest absolute Gasteiger partial charge is 0.494 e. The van der Waals surface area contributed by atoms with Gasteiger partial charge in [-0.2, -0.15) is 0 Å². The molecule has 6 nitrogen and oxygen atoms in total. The van der Waals surface area contributed by atoms with Crippen LogP contribution in [0.1, 0.15) is 37.9 Å². The standard InChI is InChI=1S/C21H26N2O4S/c1-16-20(27-19-6-4-11-22-21(19)28(16,24)25)17-7-9-18(10-8-17)26-15-5-14-23-12-2-3-13-23/h4,6-11,16,20H,2-3,5,12-15H2,1H3/t16-,20-/m1/s1. The van der Waals surface area contributed by atoms with Gasteiger partial charge in [0.15, 0.2) is 10.8 Å². The number of pyridine rings is 1. The zero-order valence-corrected chi connectivity index (χ0v) is 16.9. The van der Waals surface area contributed by atoms with Gasteiger partial charge in [-0.05, 0) is 69.1 Å². The summed E-state index contributed by atoms with van der Waals surface area (Å²) in [6, 6.07) is 10.9. The molecule has 0 radical (unpaired) electrons. The Bertz CT molecular complexity index is 908. The highest BCUT2D eigenvalue weighted by molar-refractivity contribution is 7.92. The SMILES string of the molecule is C[C@@H]1[C@H](c2ccc(OCCCN3CCCC3)cc2)Oc2cccnc2S1(=O)=O. The number of benzene rings is 1. The molecule has 1 fully saturated rings. The van der Waals surface area contributed by atoms with Crippen LogP contribution >= 0.6 is 0 Å². The molecule has 2 aliphatic rings. The number of sulfone groups is 1. The maximum atomic E-state index is 12.8. The van der Waals surface area contributed by atoms with E-state index < -0.39 is 21.2 Å². The third-order valence-electron chi connectivity index (χ3n) is 5.47. The second-order valence-electron chi connectivity index (χ2n) is 7.42. The predicted molar refractivity (Wildman–Crippen MR) is 106 cm³/mol. The first-order chi connectivity index (χ1) is 13.6. The summed E-state index contributed by atoms with van der Waals surface area (Å²) in [7, 11) is -3.53. The molecule has 7 heteroatoms. The number of hydrogen-bond donors (Lipinski definition) is 0. The zero-order chi connectivity index (χ0) is 19.6. The molecule has 0 spiro atoms. The van der Waals surface area contributed by atoms with Crippen molar-refractivity contribution in [2.75, 3.05) is 26.2 Å². The van der Waals surface area contributed by atoms with Crippen LogP contribution in [0.5, 0.6) is 11.5 Å². The summed E-state index contributed by atoms with van der Waals surface area (Å²) in [5.74, 6) is 1.10. The highest BCUT2D eigenvalue weighted by atomic mass is 32.2. The van der Waals surface area contributed by atoms with Crippen LogP contribution < -0.4 is 9.47 Å². The molecule has 3 heterocycles. The van der Waals surface area contributed by atoms with Crippen molar-refractivity contribution in [1.82, 2.24) is 9.88 Å². The molecule has 150 valence electrons. The predicted octanol–water partition coefficient (Wildman–Crippen LogP) is 3.24. The lowest BCUT2D eigenvalue weighted by molar-refractivity contribution is 0.186. The molecule has 0 unspecified atom stereocenters. The minimum atomic E-state index is -3.53. The van der Waals surface area contributed by atoms with Gasteiger partial charge in [0.05, 0.1) is 6.61 Å². The van der Waals surface area contributed by atoms with E-state index in [1.54, 1.807) is 19.1 Å². The van der Waals surface area contributed by atoms with E-state index in [1.807, 2.05) is 24.3 Å². The molecule has 28 heavy (non-hydrogen) atoms. The van der Waals surface area contributed by atoms with Crippen molar-refractivity contribution in [2.45, 2.75) is 42.6 Å². The summed E-state index contributed by atoms with van der Waals surface area (Å²) >= 11 is 0. The number of aromatic nitrogens is 1. The highest BCUT2D eigenvalue weighted by Gasteiger charge is 2.41. The molecule has 2 aliphatic heterocycles. The molecule has 4 rings (SSSR count). The number of ether oxygens (including phenoxy) is 2. The average molecular weight is 403 g/mol. The Hall–Kier alpha value is -2.12. The molecule has 0 aliphatic carbocycles. The summed E-state index contributed by atoms with van der Waals surface area (Å²) in [5.41, 5.74) is 0.815. The van der Waals surface area contributed by atoms with Gasteiger partial charge in [0.1, 0.15) is 17.1 Å². The fraction of sp³-hybridized carbons (Fsp3) is 0.476. The third kappa shape index (κ3) is 3.86. The number of fused-ring (bicyclic) bond motifs is 1. The number of hydrogen-bond acceptors (Lipinski definition) is 6. The summed E-state index contributed by atoms with van der Waals surface area (Å²) in [6.07, 6.45) is 4.53. The first kappa shape index (κ1) is 19.2. The lowest BCUT2D eigenvalue weighted by Crippen LogP contribution is -2.34. The van der Waals surface area contributed by atoms with Gasteiger partial charge in [0, 0.05) is 12.7 Å². The lowest BCUT2D eigenvalue weighted by atomic mass is 10.1. The Labute approximate surface area is 166 Å². The van der Waals surface area contributed by atoms with Gasteiger partial charge < -0.3 is 14.4 Å². The van der Waals surface area contributed by atoms with Crippen molar-refractivity contribution in [3.05, 3.63) is 48.2 Å². The molecule has 2 aromatic rings. The van der Waals surface area contributed by atoms with E-state index in [0.29, 0.717) is 12.4 Å². The van der Waals surface area contributed by atoms with Crippen molar-refractivity contribution in [3.63, 3.8) is 0 Å². The number of rotatable bonds is 6. The normalized spacial score (nSPS) is 23.8. The van der Waals surface area contributed by atoms with Crippen LogP contribution in [0.2, 0.25) is 0 Å². The van der Waals surface area contributed by atoms with Gasteiger partial charge in [0.25, 0.3) is 0 Å². The van der Waals surface area contributed by atoms with E-state index in [-0.39, 0.29) is 5.03 Å². The van der Waals surface area contributed by atoms with Gasteiger partial charge >= 0.3 is 0 Å². The van der Waals surface area contributed by atoms with E-state index in [2.05, 4.69) is 9.88 Å². The van der Waals surface area contributed by atoms with Crippen LogP contribution in [-0.2, 0) is 9.84 Å². The van der Waals surface area contributed by atoms with Crippen molar-refractivity contribution < 1.29 is 17.9 Å². The quantitative estimate of drug-likeness (QED) is 0.691. The molecule has 2 atom stereocenters. The Morgan fingerprint density at radius 3 is 2.68 bits per heavy atom. The second-order valence-corrected chi connectivity index (χ2v) is 9.64. The average Bonchev–Trinajstić information content (AvgIpc) is 3.22. The van der Waals surface area contributed by atoms with Gasteiger partial charge in [0.2, 0.25) is 9.84 Å². The van der Waals surface area contributed by atoms with Crippen molar-refractivity contribution >= 4 is 9.84 Å². The van der Waals surface area contributed by atoms with E-state index in [0.717, 1.165) is 24.3 Å². The molecular weight excluding hydrogens is 376 g/mol. The lowest BCUT2D eigenvalue weighted by Gasteiger charge is -2.30. The van der Waals surface area contributed by atoms with Crippen LogP contribution in [0, 0.1) is 0 Å². The van der Waals surface area contributed by atoms with E-state index in [9.17, 15) is 8.42 Å². The summed E-state index contributed by atoms with van der Waals surface area (Å²) in [6.45, 7) is 5.84. The monoisotopic (exact) mass is 402 g/mol. The highest BCUT2D eigenvalue weighted by Crippen LogP contribution is 2.39. The van der Waals surface area contributed by atoms with E-state index in [1.165, 1.54) is 32.1 Å². The molecule has 0 bridgehead atoms. The Kier molecular flexibility index (Phi) is 5.55. The van der Waals surface area contributed by atoms with Crippen molar-refractivity contribution in [2.24, 2.45) is 0 Å². The van der Waals surface area contributed by atoms with Crippen LogP contribution in [0.3, 0.4) is 0 Å². The number of likely N-dealkylation sites (tertiary alicyclic amines) is 1. The molecule has 1 saturated heterocycles. The Morgan fingerprint density at radius 1 is 1.18 bits per heavy atom. The summed E-state index contributed by atoms with van der Waals surface area (Å²) in [5, 5.41) is -0.682. The first-order valence-electron chi connectivity index (χ1n) is 9.86. The molecule has 1 aromatic carbocycles. The Morgan fingerprint density at radius 2 is 1.93 bits per heavy atom. The summed E-state index contributed by atoms with van der Waals surface area (Å²) < 4.78 is 37.3. The van der Waals surface area contributed by atoms with E-state index in [4.69, 9.17) is 9.47 Å². The van der Waals surface area contributed by atoms with Crippen molar-refractivity contribution in [1.29, 1.82) is 0 Å². The summed E-state index contributed by atoms with van der Waals surface area (Å²) in [4.78, 5) is 6.47. The van der Waals surface area contributed by atoms with Crippen LogP contribution in [0.15, 0.2) is 47.6 Å². The minimum absolute atomic E-state index is 0.0247. The van der Waals surface area contributed by atoms with Gasteiger partial charge in [-0.15, -0.1) is 0 Å². The first-order valence-corrected chi connectivity index (χ1v) is 11.4. The Balaban J connectivity index is 1.39. The maximum Gasteiger partial charge on any atom is 0.205 e. The fourth-order valence-electron chi connectivity index (χ4n) is 3.83. The van der Waals surface area contributed by atoms with Crippen LogP contribution in [-0.4, -0.2) is 49.8 Å². The van der Waals surface area contributed by atoms with Gasteiger partial charge in [-0.3, -0.25) is 0 Å². The second kappa shape index (κ2) is 8.09. The number of nitrogens with zero attached hydrogens (tertiary/aromatic N) is 2. The van der Waals surface area contributed by atoms with Crippen LogP contribution in [0.4, 0.5) is 0 Å². The van der Waals surface area contributed by atoms with Crippen molar-refractivity contribution in [3.8, 4) is 11.5 Å².